The molecule has 0 aliphatic carbocycles. The molecule has 0 aromatic heterocycles. The van der Waals surface area contributed by atoms with Gasteiger partial charge in [0.2, 0.25) is 0 Å². The molecule has 3 rings (SSSR count). The zero-order valence-electron chi connectivity index (χ0n) is 10.7. The molecule has 1 fully saturated rings. The predicted molar refractivity (Wildman–Crippen MR) is 70.0 cm³/mol. The molecular formula is C15H19NO2. The van der Waals surface area contributed by atoms with Crippen molar-refractivity contribution in [1.82, 2.24) is 4.90 Å². The molecule has 1 saturated heterocycles. The Bertz CT molecular complexity index is 448. The van der Waals surface area contributed by atoms with E-state index in [9.17, 15) is 4.79 Å². The van der Waals surface area contributed by atoms with Crippen molar-refractivity contribution in [2.75, 3.05) is 19.7 Å². The van der Waals surface area contributed by atoms with E-state index < -0.39 is 0 Å². The number of hydrogen-bond acceptors (Lipinski definition) is 2. The fraction of sp³-hybridized carbons (Fsp3) is 0.533. The summed E-state index contributed by atoms with van der Waals surface area (Å²) >= 11 is 0. The summed E-state index contributed by atoms with van der Waals surface area (Å²) in [5.41, 5.74) is 2.00. The van der Waals surface area contributed by atoms with Gasteiger partial charge in [0.15, 0.2) is 0 Å². The van der Waals surface area contributed by atoms with Gasteiger partial charge in [0.05, 0.1) is 6.61 Å². The molecule has 2 aliphatic heterocycles. The van der Waals surface area contributed by atoms with Gasteiger partial charge in [-0.25, -0.2) is 0 Å². The van der Waals surface area contributed by atoms with Gasteiger partial charge in [-0.3, -0.25) is 4.79 Å². The highest BCUT2D eigenvalue weighted by Crippen LogP contribution is 2.27. The average Bonchev–Trinajstić information content (AvgIpc) is 2.69. The van der Waals surface area contributed by atoms with Crippen LogP contribution in [0.2, 0.25) is 0 Å². The first-order valence-corrected chi connectivity index (χ1v) is 6.89. The molecule has 0 radical (unpaired) electrons. The van der Waals surface area contributed by atoms with Crippen LogP contribution in [0.25, 0.3) is 0 Å². The second-order valence-electron chi connectivity index (χ2n) is 5.13. The molecule has 0 unspecified atom stereocenters. The Morgan fingerprint density at radius 1 is 1.11 bits per heavy atom. The quantitative estimate of drug-likeness (QED) is 0.761. The molecule has 0 spiro atoms. The number of likely N-dealkylation sites (tertiary alicyclic amines) is 1. The van der Waals surface area contributed by atoms with Gasteiger partial charge < -0.3 is 9.64 Å². The molecule has 3 heteroatoms. The normalized spacial score (nSPS) is 19.0. The maximum absolute atomic E-state index is 12.4. The second-order valence-corrected chi connectivity index (χ2v) is 5.13. The van der Waals surface area contributed by atoms with E-state index in [1.54, 1.807) is 0 Å². The molecule has 1 aromatic carbocycles. The first kappa shape index (κ1) is 11.6. The Morgan fingerprint density at radius 2 is 1.89 bits per heavy atom. The molecule has 1 amide bonds. The smallest absolute Gasteiger partial charge is 0.253 e. The van der Waals surface area contributed by atoms with Crippen LogP contribution in [-0.4, -0.2) is 30.5 Å². The molecule has 0 bridgehead atoms. The van der Waals surface area contributed by atoms with Crippen LogP contribution in [0.5, 0.6) is 5.75 Å². The molecule has 2 aliphatic rings. The Kier molecular flexibility index (Phi) is 3.22. The van der Waals surface area contributed by atoms with Crippen LogP contribution in [0, 0.1) is 0 Å². The molecule has 0 saturated carbocycles. The third kappa shape index (κ3) is 2.22. The fourth-order valence-electron chi connectivity index (χ4n) is 2.76. The maximum Gasteiger partial charge on any atom is 0.253 e. The number of rotatable bonds is 1. The lowest BCUT2D eigenvalue weighted by Gasteiger charge is -2.20. The first-order chi connectivity index (χ1) is 8.84. The Morgan fingerprint density at radius 3 is 2.67 bits per heavy atom. The number of amides is 1. The van der Waals surface area contributed by atoms with Crippen molar-refractivity contribution in [2.45, 2.75) is 32.1 Å². The van der Waals surface area contributed by atoms with E-state index in [-0.39, 0.29) is 5.91 Å². The van der Waals surface area contributed by atoms with Gasteiger partial charge in [-0.1, -0.05) is 18.9 Å². The summed E-state index contributed by atoms with van der Waals surface area (Å²) < 4.78 is 5.53. The topological polar surface area (TPSA) is 29.5 Å². The van der Waals surface area contributed by atoms with Crippen LogP contribution in [0.15, 0.2) is 18.2 Å². The van der Waals surface area contributed by atoms with Gasteiger partial charge in [0, 0.05) is 25.1 Å². The summed E-state index contributed by atoms with van der Waals surface area (Å²) in [4.78, 5) is 14.4. The van der Waals surface area contributed by atoms with Gasteiger partial charge >= 0.3 is 0 Å². The van der Waals surface area contributed by atoms with Gasteiger partial charge in [-0.15, -0.1) is 0 Å². The van der Waals surface area contributed by atoms with Gasteiger partial charge in [0.25, 0.3) is 5.91 Å². The molecule has 18 heavy (non-hydrogen) atoms. The maximum atomic E-state index is 12.4. The van der Waals surface area contributed by atoms with E-state index in [1.807, 2.05) is 23.1 Å². The Labute approximate surface area is 108 Å². The standard InChI is InChI=1S/C15H19NO2/c17-15(16-8-3-1-2-4-9-16)13-6-5-12-7-10-18-14(12)11-13/h5-6,11H,1-4,7-10H2. The van der Waals surface area contributed by atoms with Gasteiger partial charge in [0.1, 0.15) is 5.75 Å². The Hall–Kier alpha value is -1.51. The summed E-state index contributed by atoms with van der Waals surface area (Å²) in [5, 5.41) is 0. The highest BCUT2D eigenvalue weighted by molar-refractivity contribution is 5.94. The number of ether oxygens (including phenoxy) is 1. The molecule has 2 heterocycles. The van der Waals surface area contributed by atoms with Crippen molar-refractivity contribution in [3.05, 3.63) is 29.3 Å². The Balaban J connectivity index is 1.79. The van der Waals surface area contributed by atoms with Crippen molar-refractivity contribution >= 4 is 5.91 Å². The van der Waals surface area contributed by atoms with Crippen molar-refractivity contribution in [3.8, 4) is 5.75 Å². The zero-order chi connectivity index (χ0) is 12.4. The number of carbonyl (C=O) groups excluding carboxylic acids is 1. The highest BCUT2D eigenvalue weighted by atomic mass is 16.5. The molecule has 1 aromatic rings. The van der Waals surface area contributed by atoms with Crippen molar-refractivity contribution in [1.29, 1.82) is 0 Å². The fourth-order valence-corrected chi connectivity index (χ4v) is 2.76. The van der Waals surface area contributed by atoms with E-state index >= 15 is 0 Å². The molecule has 96 valence electrons. The third-order valence-corrected chi connectivity index (χ3v) is 3.84. The zero-order valence-corrected chi connectivity index (χ0v) is 10.7. The SMILES string of the molecule is O=C(c1ccc2c(c1)OCC2)N1CCCCCC1. The van der Waals surface area contributed by atoms with E-state index in [4.69, 9.17) is 4.74 Å². The minimum atomic E-state index is 0.162. The molecule has 0 atom stereocenters. The molecule has 3 nitrogen and oxygen atoms in total. The van der Waals surface area contributed by atoms with Crippen LogP contribution in [0.1, 0.15) is 41.6 Å². The van der Waals surface area contributed by atoms with E-state index in [0.29, 0.717) is 0 Å². The van der Waals surface area contributed by atoms with Gasteiger partial charge in [-0.05, 0) is 30.5 Å². The van der Waals surface area contributed by atoms with Crippen LogP contribution in [0.3, 0.4) is 0 Å². The summed E-state index contributed by atoms with van der Waals surface area (Å²) in [6.07, 6.45) is 5.72. The van der Waals surface area contributed by atoms with Crippen LogP contribution in [-0.2, 0) is 6.42 Å². The van der Waals surface area contributed by atoms with E-state index in [0.717, 1.165) is 50.3 Å². The van der Waals surface area contributed by atoms with Crippen LogP contribution in [0.4, 0.5) is 0 Å². The summed E-state index contributed by atoms with van der Waals surface area (Å²) in [6, 6.07) is 5.89. The van der Waals surface area contributed by atoms with Crippen molar-refractivity contribution < 1.29 is 9.53 Å². The van der Waals surface area contributed by atoms with E-state index in [2.05, 4.69) is 0 Å². The number of hydrogen-bond donors (Lipinski definition) is 0. The monoisotopic (exact) mass is 245 g/mol. The van der Waals surface area contributed by atoms with Crippen molar-refractivity contribution in [2.24, 2.45) is 0 Å². The highest BCUT2D eigenvalue weighted by Gasteiger charge is 2.20. The summed E-state index contributed by atoms with van der Waals surface area (Å²) in [7, 11) is 0. The third-order valence-electron chi connectivity index (χ3n) is 3.84. The number of fused-ring (bicyclic) bond motifs is 1. The van der Waals surface area contributed by atoms with Crippen LogP contribution < -0.4 is 4.74 Å². The number of benzene rings is 1. The minimum Gasteiger partial charge on any atom is -0.493 e. The summed E-state index contributed by atoms with van der Waals surface area (Å²) in [6.45, 7) is 2.55. The minimum absolute atomic E-state index is 0.162. The molecular weight excluding hydrogens is 226 g/mol. The lowest BCUT2D eigenvalue weighted by atomic mass is 10.1. The largest absolute Gasteiger partial charge is 0.493 e. The number of nitrogens with zero attached hydrogens (tertiary/aromatic N) is 1. The molecule has 0 N–H and O–H groups in total. The van der Waals surface area contributed by atoms with Gasteiger partial charge in [-0.2, -0.15) is 0 Å². The average molecular weight is 245 g/mol. The van der Waals surface area contributed by atoms with Crippen LogP contribution >= 0.6 is 0 Å². The van der Waals surface area contributed by atoms with E-state index in [1.165, 1.54) is 18.4 Å². The second kappa shape index (κ2) is 5.01. The first-order valence-electron chi connectivity index (χ1n) is 6.89. The predicted octanol–water partition coefficient (Wildman–Crippen LogP) is 2.64. The lowest BCUT2D eigenvalue weighted by Crippen LogP contribution is -2.31. The lowest BCUT2D eigenvalue weighted by molar-refractivity contribution is 0.0761. The summed E-state index contributed by atoms with van der Waals surface area (Å²) in [5.74, 6) is 1.06. The van der Waals surface area contributed by atoms with Crippen molar-refractivity contribution in [3.63, 3.8) is 0 Å². The number of carbonyl (C=O) groups is 1.